The molecule has 0 spiro atoms. The first-order valence-corrected chi connectivity index (χ1v) is 4.43. The molecule has 64 valence electrons. The van der Waals surface area contributed by atoms with Gasteiger partial charge in [0.05, 0.1) is 10.6 Å². The maximum atomic E-state index is 12.9. The number of hydrogen-bond donors (Lipinski definition) is 1. The van der Waals surface area contributed by atoms with Crippen LogP contribution >= 0.6 is 34.2 Å². The maximum Gasteiger partial charge on any atom is 0.252 e. The standard InChI is InChI=1S/C7H4ClFINO/c8-3-1-2-4(9)5(6(3)10)7(11)12/h1-2H,(H2,11,12). The molecular weight excluding hydrogens is 295 g/mol. The molecule has 0 atom stereocenters. The van der Waals surface area contributed by atoms with E-state index in [0.717, 1.165) is 6.07 Å². The number of rotatable bonds is 1. The molecule has 1 rings (SSSR count). The number of hydrogen-bond acceptors (Lipinski definition) is 1. The quantitative estimate of drug-likeness (QED) is 0.627. The largest absolute Gasteiger partial charge is 0.365 e. The van der Waals surface area contributed by atoms with Gasteiger partial charge in [0.1, 0.15) is 5.82 Å². The molecule has 0 saturated heterocycles. The first-order valence-electron chi connectivity index (χ1n) is 2.97. The van der Waals surface area contributed by atoms with Gasteiger partial charge in [-0.1, -0.05) is 11.6 Å². The van der Waals surface area contributed by atoms with Crippen molar-refractivity contribution in [3.05, 3.63) is 32.1 Å². The average Bonchev–Trinajstić information content (AvgIpc) is 1.97. The third-order valence-electron chi connectivity index (χ3n) is 1.29. The van der Waals surface area contributed by atoms with Crippen LogP contribution in [0.25, 0.3) is 0 Å². The summed E-state index contributed by atoms with van der Waals surface area (Å²) in [6.07, 6.45) is 0. The minimum absolute atomic E-state index is 0.150. The molecule has 0 aliphatic rings. The summed E-state index contributed by atoms with van der Waals surface area (Å²) >= 11 is 7.42. The Balaban J connectivity index is 3.43. The van der Waals surface area contributed by atoms with Gasteiger partial charge in [0.2, 0.25) is 0 Å². The van der Waals surface area contributed by atoms with Crippen LogP contribution in [0.2, 0.25) is 5.02 Å². The summed E-state index contributed by atoms with van der Waals surface area (Å²) in [5.74, 6) is -1.45. The van der Waals surface area contributed by atoms with Crippen molar-refractivity contribution in [2.45, 2.75) is 0 Å². The fourth-order valence-corrected chi connectivity index (χ4v) is 1.61. The van der Waals surface area contributed by atoms with Gasteiger partial charge in [-0.05, 0) is 34.7 Å². The van der Waals surface area contributed by atoms with E-state index in [4.69, 9.17) is 17.3 Å². The molecule has 0 aliphatic carbocycles. The molecule has 0 fully saturated rings. The third-order valence-corrected chi connectivity index (χ3v) is 3.04. The number of carbonyl (C=O) groups is 1. The van der Waals surface area contributed by atoms with Gasteiger partial charge in [-0.2, -0.15) is 0 Å². The summed E-state index contributed by atoms with van der Waals surface area (Å²) in [5, 5.41) is 0.325. The zero-order valence-electron chi connectivity index (χ0n) is 5.77. The summed E-state index contributed by atoms with van der Waals surface area (Å²) in [7, 11) is 0. The first-order chi connectivity index (χ1) is 5.54. The second-order valence-corrected chi connectivity index (χ2v) is 3.57. The van der Waals surface area contributed by atoms with E-state index in [1.807, 2.05) is 0 Å². The van der Waals surface area contributed by atoms with Gasteiger partial charge in [-0.25, -0.2) is 4.39 Å². The number of benzene rings is 1. The average molecular weight is 299 g/mol. The van der Waals surface area contributed by atoms with Gasteiger partial charge in [0.15, 0.2) is 0 Å². The molecule has 1 amide bonds. The molecule has 1 aromatic carbocycles. The summed E-state index contributed by atoms with van der Waals surface area (Å²) in [5.41, 5.74) is 4.79. The van der Waals surface area contributed by atoms with Crippen molar-refractivity contribution in [3.8, 4) is 0 Å². The van der Waals surface area contributed by atoms with Gasteiger partial charge in [0.25, 0.3) is 5.91 Å². The van der Waals surface area contributed by atoms with E-state index in [1.54, 1.807) is 22.6 Å². The molecule has 1 aromatic rings. The Morgan fingerprint density at radius 1 is 1.58 bits per heavy atom. The molecule has 0 unspecified atom stereocenters. The van der Waals surface area contributed by atoms with Gasteiger partial charge in [-0.15, -0.1) is 0 Å². The Labute approximate surface area is 87.0 Å². The van der Waals surface area contributed by atoms with Crippen LogP contribution in [0, 0.1) is 9.39 Å². The highest BCUT2D eigenvalue weighted by molar-refractivity contribution is 14.1. The summed E-state index contributed by atoms with van der Waals surface area (Å²) in [6, 6.07) is 2.50. The minimum atomic E-state index is -0.806. The zero-order valence-corrected chi connectivity index (χ0v) is 8.69. The monoisotopic (exact) mass is 299 g/mol. The van der Waals surface area contributed by atoms with E-state index in [9.17, 15) is 9.18 Å². The van der Waals surface area contributed by atoms with E-state index in [-0.39, 0.29) is 5.56 Å². The lowest BCUT2D eigenvalue weighted by molar-refractivity contribution is 0.0995. The SMILES string of the molecule is NC(=O)c1c(F)ccc(Cl)c1I. The number of nitrogens with two attached hydrogens (primary N) is 1. The Kier molecular flexibility index (Phi) is 2.89. The van der Waals surface area contributed by atoms with Crippen LogP contribution in [0.15, 0.2) is 12.1 Å². The Morgan fingerprint density at radius 3 is 2.58 bits per heavy atom. The van der Waals surface area contributed by atoms with E-state index in [0.29, 0.717) is 8.59 Å². The van der Waals surface area contributed by atoms with Gasteiger partial charge >= 0.3 is 0 Å². The van der Waals surface area contributed by atoms with Crippen molar-refractivity contribution in [2.75, 3.05) is 0 Å². The first kappa shape index (κ1) is 9.73. The molecule has 12 heavy (non-hydrogen) atoms. The highest BCUT2D eigenvalue weighted by Crippen LogP contribution is 2.23. The summed E-state index contributed by atoms with van der Waals surface area (Å²) in [4.78, 5) is 10.7. The van der Waals surface area contributed by atoms with E-state index < -0.39 is 11.7 Å². The van der Waals surface area contributed by atoms with Crippen LogP contribution in [0.3, 0.4) is 0 Å². The van der Waals surface area contributed by atoms with Gasteiger partial charge < -0.3 is 5.73 Å². The predicted octanol–water partition coefficient (Wildman–Crippen LogP) is 2.18. The van der Waals surface area contributed by atoms with Crippen LogP contribution in [-0.2, 0) is 0 Å². The molecule has 0 bridgehead atoms. The highest BCUT2D eigenvalue weighted by atomic mass is 127. The Morgan fingerprint density at radius 2 is 2.17 bits per heavy atom. The van der Waals surface area contributed by atoms with Gasteiger partial charge in [0, 0.05) is 3.57 Å². The molecular formula is C7H4ClFINO. The molecule has 0 radical (unpaired) electrons. The van der Waals surface area contributed by atoms with Crippen molar-refractivity contribution in [1.29, 1.82) is 0 Å². The Bertz CT molecular complexity index is 342. The van der Waals surface area contributed by atoms with Crippen LogP contribution in [0.1, 0.15) is 10.4 Å². The van der Waals surface area contributed by atoms with Crippen LogP contribution < -0.4 is 5.73 Å². The second-order valence-electron chi connectivity index (χ2n) is 2.08. The second kappa shape index (κ2) is 3.57. The lowest BCUT2D eigenvalue weighted by Gasteiger charge is -2.02. The van der Waals surface area contributed by atoms with Crippen LogP contribution in [0.5, 0.6) is 0 Å². The molecule has 0 aromatic heterocycles. The predicted molar refractivity (Wildman–Crippen MR) is 52.6 cm³/mol. The van der Waals surface area contributed by atoms with Crippen molar-refractivity contribution < 1.29 is 9.18 Å². The van der Waals surface area contributed by atoms with Crippen molar-refractivity contribution in [2.24, 2.45) is 5.73 Å². The fraction of sp³-hybridized carbons (Fsp3) is 0. The normalized spacial score (nSPS) is 9.92. The Hall–Kier alpha value is -0.360. The van der Waals surface area contributed by atoms with Crippen LogP contribution in [-0.4, -0.2) is 5.91 Å². The summed E-state index contributed by atoms with van der Waals surface area (Å²) in [6.45, 7) is 0. The third kappa shape index (κ3) is 1.69. The van der Waals surface area contributed by atoms with Crippen molar-refractivity contribution in [3.63, 3.8) is 0 Å². The number of primary amides is 1. The molecule has 2 N–H and O–H groups in total. The minimum Gasteiger partial charge on any atom is -0.365 e. The highest BCUT2D eigenvalue weighted by Gasteiger charge is 2.14. The zero-order chi connectivity index (χ0) is 9.30. The van der Waals surface area contributed by atoms with E-state index in [1.165, 1.54) is 6.07 Å². The molecule has 5 heteroatoms. The van der Waals surface area contributed by atoms with Crippen LogP contribution in [0.4, 0.5) is 4.39 Å². The maximum absolute atomic E-state index is 12.9. The molecule has 0 heterocycles. The summed E-state index contributed by atoms with van der Waals surface area (Å²) < 4.78 is 13.3. The topological polar surface area (TPSA) is 43.1 Å². The smallest absolute Gasteiger partial charge is 0.252 e. The van der Waals surface area contributed by atoms with Gasteiger partial charge in [-0.3, -0.25) is 4.79 Å². The van der Waals surface area contributed by atoms with Crippen molar-refractivity contribution >= 4 is 40.1 Å². The lowest BCUT2D eigenvalue weighted by Crippen LogP contribution is -2.15. The number of amides is 1. The van der Waals surface area contributed by atoms with E-state index in [2.05, 4.69) is 0 Å². The van der Waals surface area contributed by atoms with E-state index >= 15 is 0 Å². The lowest BCUT2D eigenvalue weighted by atomic mass is 10.2. The molecule has 0 aliphatic heterocycles. The van der Waals surface area contributed by atoms with Crippen molar-refractivity contribution in [1.82, 2.24) is 0 Å². The number of carbonyl (C=O) groups excluding carboxylic acids is 1. The number of halogens is 3. The fourth-order valence-electron chi connectivity index (χ4n) is 0.753. The molecule has 0 saturated carbocycles. The molecule has 2 nitrogen and oxygen atoms in total.